The molecule has 0 heterocycles. The number of aliphatic hydroxyl groups excluding tert-OH is 1. The SMILES string of the molecule is CC(CCCN=[N+]=[N-])NCC(O)c1ccc(O)c(O)c1. The molecule has 20 heavy (non-hydrogen) atoms. The lowest BCUT2D eigenvalue weighted by molar-refractivity contribution is 0.169. The lowest BCUT2D eigenvalue weighted by Gasteiger charge is -2.17. The molecule has 1 aromatic carbocycles. The molecule has 0 aliphatic carbocycles. The first kappa shape index (κ1) is 16.1. The van der Waals surface area contributed by atoms with Gasteiger partial charge in [-0.3, -0.25) is 0 Å². The molecule has 0 aliphatic rings. The van der Waals surface area contributed by atoms with Gasteiger partial charge in [-0.15, -0.1) is 0 Å². The average Bonchev–Trinajstić information content (AvgIpc) is 2.44. The number of phenols is 2. The summed E-state index contributed by atoms with van der Waals surface area (Å²) in [7, 11) is 0. The minimum absolute atomic E-state index is 0.184. The maximum Gasteiger partial charge on any atom is 0.157 e. The van der Waals surface area contributed by atoms with Gasteiger partial charge in [-0.1, -0.05) is 11.2 Å². The number of phenolic OH excluding ortho intramolecular Hbond substituents is 2. The van der Waals surface area contributed by atoms with E-state index in [0.717, 1.165) is 12.8 Å². The van der Waals surface area contributed by atoms with Crippen LogP contribution in [0.15, 0.2) is 23.3 Å². The molecule has 0 saturated carbocycles. The van der Waals surface area contributed by atoms with Crippen LogP contribution in [0.4, 0.5) is 0 Å². The number of aliphatic hydroxyl groups is 1. The third-order valence-corrected chi connectivity index (χ3v) is 3.00. The van der Waals surface area contributed by atoms with Gasteiger partial charge >= 0.3 is 0 Å². The van der Waals surface area contributed by atoms with Crippen LogP contribution in [0.25, 0.3) is 10.4 Å². The molecule has 0 bridgehead atoms. The number of nitrogens with zero attached hydrogens (tertiary/aromatic N) is 3. The van der Waals surface area contributed by atoms with E-state index in [1.165, 1.54) is 12.1 Å². The lowest BCUT2D eigenvalue weighted by Crippen LogP contribution is -2.30. The number of benzene rings is 1. The Bertz CT molecular complexity index is 475. The van der Waals surface area contributed by atoms with Crippen LogP contribution in [0.2, 0.25) is 0 Å². The molecular formula is C13H20N4O3. The summed E-state index contributed by atoms with van der Waals surface area (Å²) in [5.74, 6) is -0.454. The van der Waals surface area contributed by atoms with Crippen LogP contribution >= 0.6 is 0 Å². The summed E-state index contributed by atoms with van der Waals surface area (Å²) in [5.41, 5.74) is 8.68. The Morgan fingerprint density at radius 1 is 1.35 bits per heavy atom. The zero-order chi connectivity index (χ0) is 15.0. The highest BCUT2D eigenvalue weighted by molar-refractivity contribution is 5.41. The Labute approximate surface area is 117 Å². The summed E-state index contributed by atoms with van der Waals surface area (Å²) >= 11 is 0. The number of aromatic hydroxyl groups is 2. The number of azide groups is 1. The monoisotopic (exact) mass is 280 g/mol. The summed E-state index contributed by atoms with van der Waals surface area (Å²) in [5, 5.41) is 35.2. The van der Waals surface area contributed by atoms with E-state index < -0.39 is 6.10 Å². The first-order chi connectivity index (χ1) is 9.54. The smallest absolute Gasteiger partial charge is 0.157 e. The largest absolute Gasteiger partial charge is 0.504 e. The molecule has 2 atom stereocenters. The predicted molar refractivity (Wildman–Crippen MR) is 75.4 cm³/mol. The summed E-state index contributed by atoms with van der Waals surface area (Å²) in [4.78, 5) is 2.68. The number of nitrogens with one attached hydrogen (secondary N) is 1. The highest BCUT2D eigenvalue weighted by Gasteiger charge is 2.11. The Balaban J connectivity index is 2.36. The van der Waals surface area contributed by atoms with Gasteiger partial charge in [0, 0.05) is 24.0 Å². The second kappa shape index (κ2) is 8.27. The summed E-state index contributed by atoms with van der Waals surface area (Å²) < 4.78 is 0. The molecule has 110 valence electrons. The summed E-state index contributed by atoms with van der Waals surface area (Å²) in [6.45, 7) is 2.79. The van der Waals surface area contributed by atoms with E-state index in [1.54, 1.807) is 6.07 Å². The molecule has 1 rings (SSSR count). The predicted octanol–water partition coefficient (Wildman–Crippen LogP) is 2.20. The first-order valence-electron chi connectivity index (χ1n) is 6.48. The summed E-state index contributed by atoms with van der Waals surface area (Å²) in [6.07, 6.45) is 0.863. The van der Waals surface area contributed by atoms with Crippen LogP contribution in [-0.4, -0.2) is 34.5 Å². The second-order valence-corrected chi connectivity index (χ2v) is 4.67. The van der Waals surface area contributed by atoms with Crippen molar-refractivity contribution in [1.29, 1.82) is 0 Å². The van der Waals surface area contributed by atoms with E-state index in [0.29, 0.717) is 18.7 Å². The topological polar surface area (TPSA) is 121 Å². The van der Waals surface area contributed by atoms with Gasteiger partial charge in [0.1, 0.15) is 0 Å². The Hall–Kier alpha value is -1.95. The Kier molecular flexibility index (Phi) is 6.66. The van der Waals surface area contributed by atoms with Crippen molar-refractivity contribution in [1.82, 2.24) is 5.32 Å². The van der Waals surface area contributed by atoms with Crippen molar-refractivity contribution >= 4 is 0 Å². The highest BCUT2D eigenvalue weighted by atomic mass is 16.3. The van der Waals surface area contributed by atoms with E-state index in [-0.39, 0.29) is 17.5 Å². The van der Waals surface area contributed by atoms with Gasteiger partial charge in [0.05, 0.1) is 6.10 Å². The zero-order valence-corrected chi connectivity index (χ0v) is 11.4. The molecule has 4 N–H and O–H groups in total. The molecule has 0 aliphatic heterocycles. The summed E-state index contributed by atoms with van der Waals surface area (Å²) in [6, 6.07) is 4.43. The maximum atomic E-state index is 9.97. The highest BCUT2D eigenvalue weighted by Crippen LogP contribution is 2.27. The fraction of sp³-hybridized carbons (Fsp3) is 0.538. The minimum atomic E-state index is -0.763. The van der Waals surface area contributed by atoms with Crippen molar-refractivity contribution in [2.45, 2.75) is 31.9 Å². The molecule has 0 aromatic heterocycles. The van der Waals surface area contributed by atoms with Crippen LogP contribution in [0.3, 0.4) is 0 Å². The van der Waals surface area contributed by atoms with Crippen LogP contribution in [0, 0.1) is 0 Å². The van der Waals surface area contributed by atoms with Gasteiger partial charge in [0.2, 0.25) is 0 Å². The lowest BCUT2D eigenvalue weighted by atomic mass is 10.1. The molecule has 0 radical (unpaired) electrons. The second-order valence-electron chi connectivity index (χ2n) is 4.67. The molecule has 7 heteroatoms. The van der Waals surface area contributed by atoms with Crippen molar-refractivity contribution in [3.05, 3.63) is 34.2 Å². The standard InChI is InChI=1S/C13H20N4O3/c1-9(3-2-6-16-17-14)15-8-13(20)10-4-5-11(18)12(19)7-10/h4-5,7,9,13,15,18-20H,2-3,6,8H2,1H3. The fourth-order valence-electron chi connectivity index (χ4n) is 1.79. The normalized spacial score (nSPS) is 13.5. The van der Waals surface area contributed by atoms with Gasteiger partial charge in [0.15, 0.2) is 11.5 Å². The van der Waals surface area contributed by atoms with Crippen molar-refractivity contribution in [2.75, 3.05) is 13.1 Å². The Morgan fingerprint density at radius 2 is 2.10 bits per heavy atom. The zero-order valence-electron chi connectivity index (χ0n) is 11.4. The molecule has 2 unspecified atom stereocenters. The van der Waals surface area contributed by atoms with Crippen molar-refractivity contribution in [2.24, 2.45) is 5.11 Å². The third-order valence-electron chi connectivity index (χ3n) is 3.00. The Morgan fingerprint density at radius 3 is 2.75 bits per heavy atom. The van der Waals surface area contributed by atoms with E-state index >= 15 is 0 Å². The maximum absolute atomic E-state index is 9.97. The van der Waals surface area contributed by atoms with Gasteiger partial charge in [-0.2, -0.15) is 0 Å². The van der Waals surface area contributed by atoms with Crippen LogP contribution < -0.4 is 5.32 Å². The van der Waals surface area contributed by atoms with E-state index in [9.17, 15) is 15.3 Å². The molecule has 0 saturated heterocycles. The van der Waals surface area contributed by atoms with Gasteiger partial charge in [-0.05, 0) is 43.0 Å². The van der Waals surface area contributed by atoms with Gasteiger partial charge in [0.25, 0.3) is 0 Å². The fourth-order valence-corrected chi connectivity index (χ4v) is 1.79. The number of hydrogen-bond donors (Lipinski definition) is 4. The molecule has 0 spiro atoms. The van der Waals surface area contributed by atoms with Crippen LogP contribution in [0.5, 0.6) is 11.5 Å². The molecule has 7 nitrogen and oxygen atoms in total. The van der Waals surface area contributed by atoms with Crippen molar-refractivity contribution in [3.63, 3.8) is 0 Å². The third kappa shape index (κ3) is 5.36. The van der Waals surface area contributed by atoms with Gasteiger partial charge in [-0.25, -0.2) is 0 Å². The number of hydrogen-bond acceptors (Lipinski definition) is 5. The van der Waals surface area contributed by atoms with E-state index in [1.807, 2.05) is 6.92 Å². The molecule has 0 amide bonds. The molecular weight excluding hydrogens is 260 g/mol. The van der Waals surface area contributed by atoms with E-state index in [2.05, 4.69) is 15.3 Å². The number of rotatable bonds is 8. The minimum Gasteiger partial charge on any atom is -0.504 e. The van der Waals surface area contributed by atoms with Crippen molar-refractivity contribution < 1.29 is 15.3 Å². The quantitative estimate of drug-likeness (QED) is 0.192. The van der Waals surface area contributed by atoms with Crippen LogP contribution in [0.1, 0.15) is 31.4 Å². The van der Waals surface area contributed by atoms with Gasteiger partial charge < -0.3 is 20.6 Å². The average molecular weight is 280 g/mol. The molecule has 1 aromatic rings. The van der Waals surface area contributed by atoms with Crippen molar-refractivity contribution in [3.8, 4) is 11.5 Å². The molecule has 0 fully saturated rings. The first-order valence-corrected chi connectivity index (χ1v) is 6.48. The van der Waals surface area contributed by atoms with E-state index in [4.69, 9.17) is 5.53 Å². The van der Waals surface area contributed by atoms with Crippen LogP contribution in [-0.2, 0) is 0 Å².